The van der Waals surface area contributed by atoms with E-state index >= 15 is 0 Å². The SMILES string of the molecule is CCN1CCS/C1=C\C=C\C1=[N+](C)c2ccccc2C1(C)C. The molecule has 3 rings (SSSR count). The Labute approximate surface area is 138 Å². The predicted molar refractivity (Wildman–Crippen MR) is 97.2 cm³/mol. The number of nitrogens with zero attached hydrogens (tertiary/aromatic N) is 2. The minimum absolute atomic E-state index is 0.0631. The fraction of sp³-hybridized carbons (Fsp3) is 0.421. The highest BCUT2D eigenvalue weighted by Crippen LogP contribution is 2.39. The molecule has 0 bridgehead atoms. The van der Waals surface area contributed by atoms with E-state index in [1.54, 1.807) is 0 Å². The van der Waals surface area contributed by atoms with Crippen molar-refractivity contribution in [3.05, 3.63) is 53.1 Å². The highest BCUT2D eigenvalue weighted by Gasteiger charge is 2.42. The fourth-order valence-corrected chi connectivity index (χ4v) is 4.55. The number of fused-ring (bicyclic) bond motifs is 1. The number of allylic oxidation sites excluding steroid dienone is 3. The molecule has 1 aromatic rings. The van der Waals surface area contributed by atoms with Crippen LogP contribution in [-0.4, -0.2) is 41.1 Å². The van der Waals surface area contributed by atoms with Crippen LogP contribution in [0.4, 0.5) is 5.69 Å². The van der Waals surface area contributed by atoms with Crippen molar-refractivity contribution in [1.29, 1.82) is 0 Å². The molecule has 2 aliphatic heterocycles. The van der Waals surface area contributed by atoms with Gasteiger partial charge in [-0.2, -0.15) is 4.58 Å². The van der Waals surface area contributed by atoms with E-state index in [1.165, 1.54) is 34.3 Å². The lowest BCUT2D eigenvalue weighted by Crippen LogP contribution is -2.26. The zero-order valence-corrected chi connectivity index (χ0v) is 14.8. The van der Waals surface area contributed by atoms with Crippen molar-refractivity contribution < 1.29 is 4.58 Å². The van der Waals surface area contributed by atoms with Crippen LogP contribution >= 0.6 is 11.8 Å². The second-order valence-electron chi connectivity index (χ2n) is 6.38. The molecule has 1 fully saturated rings. The van der Waals surface area contributed by atoms with E-state index < -0.39 is 0 Å². The molecule has 0 aliphatic carbocycles. The van der Waals surface area contributed by atoms with Crippen LogP contribution in [0.3, 0.4) is 0 Å². The summed E-state index contributed by atoms with van der Waals surface area (Å²) < 4.78 is 2.32. The summed E-state index contributed by atoms with van der Waals surface area (Å²) in [6, 6.07) is 8.71. The van der Waals surface area contributed by atoms with Gasteiger partial charge in [0, 0.05) is 36.5 Å². The van der Waals surface area contributed by atoms with Crippen LogP contribution in [0.1, 0.15) is 26.3 Å². The third kappa shape index (κ3) is 2.52. The van der Waals surface area contributed by atoms with E-state index in [4.69, 9.17) is 0 Å². The summed E-state index contributed by atoms with van der Waals surface area (Å²) in [5, 5.41) is 1.40. The van der Waals surface area contributed by atoms with Crippen molar-refractivity contribution >= 4 is 23.2 Å². The summed E-state index contributed by atoms with van der Waals surface area (Å²) in [5.74, 6) is 1.21. The van der Waals surface area contributed by atoms with Gasteiger partial charge in [0.05, 0.1) is 10.4 Å². The molecule has 22 heavy (non-hydrogen) atoms. The van der Waals surface area contributed by atoms with Crippen molar-refractivity contribution in [2.75, 3.05) is 25.9 Å². The maximum Gasteiger partial charge on any atom is 0.209 e. The molecule has 0 aromatic heterocycles. The summed E-state index contributed by atoms with van der Waals surface area (Å²) in [4.78, 5) is 2.44. The second-order valence-corrected chi connectivity index (χ2v) is 7.49. The molecule has 2 aliphatic rings. The first kappa shape index (κ1) is 15.4. The molecule has 1 aromatic carbocycles. The highest BCUT2D eigenvalue weighted by molar-refractivity contribution is 8.03. The summed E-state index contributed by atoms with van der Waals surface area (Å²) in [6.45, 7) is 9.12. The number of para-hydroxylation sites is 1. The fourth-order valence-electron chi connectivity index (χ4n) is 3.45. The van der Waals surface area contributed by atoms with Gasteiger partial charge in [-0.25, -0.2) is 0 Å². The molecule has 3 heteroatoms. The number of hydrogen-bond donors (Lipinski definition) is 0. The normalized spacial score (nSPS) is 22.2. The third-order valence-corrected chi connectivity index (χ3v) is 5.81. The van der Waals surface area contributed by atoms with Gasteiger partial charge in [-0.1, -0.05) is 24.3 Å². The quantitative estimate of drug-likeness (QED) is 0.773. The first-order valence-corrected chi connectivity index (χ1v) is 9.01. The third-order valence-electron chi connectivity index (χ3n) is 4.74. The Bertz CT molecular complexity index is 668. The Balaban J connectivity index is 1.88. The number of benzene rings is 1. The summed E-state index contributed by atoms with van der Waals surface area (Å²) >= 11 is 1.96. The van der Waals surface area contributed by atoms with Crippen molar-refractivity contribution in [2.45, 2.75) is 26.2 Å². The van der Waals surface area contributed by atoms with E-state index in [9.17, 15) is 0 Å². The lowest BCUT2D eigenvalue weighted by atomic mass is 9.81. The van der Waals surface area contributed by atoms with Crippen LogP contribution in [0.15, 0.2) is 47.5 Å². The van der Waals surface area contributed by atoms with Gasteiger partial charge >= 0.3 is 0 Å². The van der Waals surface area contributed by atoms with Crippen LogP contribution in [-0.2, 0) is 5.41 Å². The van der Waals surface area contributed by atoms with E-state index in [2.05, 4.69) is 79.8 Å². The van der Waals surface area contributed by atoms with Crippen molar-refractivity contribution in [1.82, 2.24) is 4.90 Å². The average Bonchev–Trinajstić information content (AvgIpc) is 3.04. The first-order valence-electron chi connectivity index (χ1n) is 8.02. The van der Waals surface area contributed by atoms with Crippen LogP contribution < -0.4 is 0 Å². The van der Waals surface area contributed by atoms with Crippen LogP contribution in [0.5, 0.6) is 0 Å². The van der Waals surface area contributed by atoms with Crippen molar-refractivity contribution in [2.24, 2.45) is 0 Å². The lowest BCUT2D eigenvalue weighted by Gasteiger charge is -2.16. The average molecular weight is 313 g/mol. The van der Waals surface area contributed by atoms with Crippen molar-refractivity contribution in [3.63, 3.8) is 0 Å². The Morgan fingerprint density at radius 1 is 1.32 bits per heavy atom. The Morgan fingerprint density at radius 3 is 2.82 bits per heavy atom. The molecule has 2 nitrogen and oxygen atoms in total. The molecule has 116 valence electrons. The summed E-state index contributed by atoms with van der Waals surface area (Å²) in [5.41, 5.74) is 4.16. The molecule has 0 radical (unpaired) electrons. The molecule has 0 spiro atoms. The Hall–Kier alpha value is -1.48. The number of rotatable bonds is 3. The standard InChI is InChI=1S/C19H25N2S/c1-5-21-13-14-22-18(21)12-8-11-17-19(2,3)15-9-6-7-10-16(15)20(17)4/h6-12H,5,13-14H2,1-4H3/q+1. The highest BCUT2D eigenvalue weighted by atomic mass is 32.2. The predicted octanol–water partition coefficient (Wildman–Crippen LogP) is 4.16. The van der Waals surface area contributed by atoms with Gasteiger partial charge in [-0.15, -0.1) is 11.8 Å². The maximum atomic E-state index is 2.44. The van der Waals surface area contributed by atoms with Gasteiger partial charge in [-0.3, -0.25) is 0 Å². The molecule has 0 amide bonds. The monoisotopic (exact) mass is 313 g/mol. The second kappa shape index (κ2) is 5.96. The largest absolute Gasteiger partial charge is 0.366 e. The minimum Gasteiger partial charge on any atom is -0.366 e. The zero-order chi connectivity index (χ0) is 15.7. The molecule has 1 saturated heterocycles. The molecule has 0 unspecified atom stereocenters. The number of thioether (sulfide) groups is 1. The van der Waals surface area contributed by atoms with Crippen molar-refractivity contribution in [3.8, 4) is 0 Å². The van der Waals surface area contributed by atoms with Crippen LogP contribution in [0.25, 0.3) is 0 Å². The maximum absolute atomic E-state index is 2.44. The topological polar surface area (TPSA) is 6.25 Å². The van der Waals surface area contributed by atoms with E-state index in [0.29, 0.717) is 0 Å². The zero-order valence-electron chi connectivity index (χ0n) is 14.0. The lowest BCUT2D eigenvalue weighted by molar-refractivity contribution is -0.401. The first-order chi connectivity index (χ1) is 10.6. The van der Waals surface area contributed by atoms with E-state index in [1.807, 2.05) is 11.8 Å². The van der Waals surface area contributed by atoms with E-state index in [0.717, 1.165) is 6.54 Å². The van der Waals surface area contributed by atoms with Gasteiger partial charge in [-0.05, 0) is 26.8 Å². The van der Waals surface area contributed by atoms with Crippen LogP contribution in [0.2, 0.25) is 0 Å². The summed E-state index contributed by atoms with van der Waals surface area (Å²) in [6.07, 6.45) is 6.76. The van der Waals surface area contributed by atoms with Gasteiger partial charge in [0.1, 0.15) is 7.05 Å². The van der Waals surface area contributed by atoms with Gasteiger partial charge in [0.2, 0.25) is 5.69 Å². The molecule has 0 atom stereocenters. The van der Waals surface area contributed by atoms with Gasteiger partial charge in [0.25, 0.3) is 0 Å². The Kier molecular flexibility index (Phi) is 4.18. The van der Waals surface area contributed by atoms with Crippen LogP contribution in [0, 0.1) is 0 Å². The Morgan fingerprint density at radius 2 is 2.09 bits per heavy atom. The molecular weight excluding hydrogens is 288 g/mol. The molecule has 0 saturated carbocycles. The molecule has 2 heterocycles. The van der Waals surface area contributed by atoms with Gasteiger partial charge in [0.15, 0.2) is 5.71 Å². The molecular formula is C19H25N2S+. The van der Waals surface area contributed by atoms with Gasteiger partial charge < -0.3 is 4.90 Å². The number of hydrogen-bond acceptors (Lipinski definition) is 2. The van der Waals surface area contributed by atoms with E-state index in [-0.39, 0.29) is 5.41 Å². The minimum atomic E-state index is 0.0631. The smallest absolute Gasteiger partial charge is 0.209 e. The summed E-state index contributed by atoms with van der Waals surface area (Å²) in [7, 11) is 2.17. The molecule has 0 N–H and O–H groups in total.